The lowest BCUT2D eigenvalue weighted by molar-refractivity contribution is -0.113. The molecule has 1 amide bonds. The fourth-order valence-corrected chi connectivity index (χ4v) is 3.22. The van der Waals surface area contributed by atoms with Crippen molar-refractivity contribution in [3.8, 4) is 11.4 Å². The molecule has 134 valence electrons. The molecule has 3 rings (SSSR count). The van der Waals surface area contributed by atoms with Crippen molar-refractivity contribution in [1.82, 2.24) is 9.55 Å². The van der Waals surface area contributed by atoms with Crippen LogP contribution in [0.5, 0.6) is 5.75 Å². The van der Waals surface area contributed by atoms with Crippen molar-refractivity contribution in [2.24, 2.45) is 0 Å². The highest BCUT2D eigenvalue weighted by atomic mass is 35.5. The quantitative estimate of drug-likeness (QED) is 0.599. The van der Waals surface area contributed by atoms with Crippen molar-refractivity contribution >= 4 is 35.0 Å². The molecule has 0 spiro atoms. The van der Waals surface area contributed by atoms with Crippen LogP contribution in [0.3, 0.4) is 0 Å². The average Bonchev–Trinajstić information content (AvgIpc) is 3.11. The van der Waals surface area contributed by atoms with Crippen molar-refractivity contribution in [2.75, 3.05) is 17.7 Å². The van der Waals surface area contributed by atoms with Crippen molar-refractivity contribution < 1.29 is 9.53 Å². The van der Waals surface area contributed by atoms with Gasteiger partial charge in [0.2, 0.25) is 5.91 Å². The van der Waals surface area contributed by atoms with Gasteiger partial charge in [0, 0.05) is 28.8 Å². The minimum absolute atomic E-state index is 0.0928. The summed E-state index contributed by atoms with van der Waals surface area (Å²) in [6.45, 7) is 2.55. The highest BCUT2D eigenvalue weighted by Crippen LogP contribution is 2.22. The molecule has 1 N–H and O–H groups in total. The van der Waals surface area contributed by atoms with Gasteiger partial charge in [-0.1, -0.05) is 23.4 Å². The molecule has 0 aliphatic rings. The number of rotatable bonds is 7. The molecule has 26 heavy (non-hydrogen) atoms. The molecule has 0 aliphatic heterocycles. The number of halogens is 1. The highest BCUT2D eigenvalue weighted by Gasteiger charge is 2.09. The molecule has 0 bridgehead atoms. The Hall–Kier alpha value is -2.44. The molecule has 7 heteroatoms. The molecule has 1 heterocycles. The first-order chi connectivity index (χ1) is 12.7. The summed E-state index contributed by atoms with van der Waals surface area (Å²) in [6.07, 6.45) is 3.57. The van der Waals surface area contributed by atoms with Crippen LogP contribution < -0.4 is 10.1 Å². The summed E-state index contributed by atoms with van der Waals surface area (Å²) in [5.74, 6) is 0.951. The molecule has 0 atom stereocenters. The minimum Gasteiger partial charge on any atom is -0.494 e. The summed E-state index contributed by atoms with van der Waals surface area (Å²) in [6, 6.07) is 14.8. The van der Waals surface area contributed by atoms with Crippen LogP contribution >= 0.6 is 23.4 Å². The average molecular weight is 388 g/mol. The molecule has 0 fully saturated rings. The summed E-state index contributed by atoms with van der Waals surface area (Å²) in [5.41, 5.74) is 1.68. The first-order valence-electron chi connectivity index (χ1n) is 8.10. The number of benzene rings is 2. The fraction of sp³-hybridized carbons (Fsp3) is 0.158. The maximum absolute atomic E-state index is 12.2. The normalized spacial score (nSPS) is 10.5. The number of carbonyl (C=O) groups excluding carboxylic acids is 1. The SMILES string of the molecule is CCOc1ccc(NC(=O)CSc2nccn2-c2ccc(Cl)cc2)cc1. The number of amides is 1. The van der Waals surface area contributed by atoms with Gasteiger partial charge >= 0.3 is 0 Å². The predicted molar refractivity (Wildman–Crippen MR) is 106 cm³/mol. The van der Waals surface area contributed by atoms with Gasteiger partial charge in [0.15, 0.2) is 5.16 Å². The molecular formula is C19H18ClN3O2S. The summed E-state index contributed by atoms with van der Waals surface area (Å²) in [7, 11) is 0. The summed E-state index contributed by atoms with van der Waals surface area (Å²) in [4.78, 5) is 16.5. The second kappa shape index (κ2) is 8.78. The monoisotopic (exact) mass is 387 g/mol. The Kier molecular flexibility index (Phi) is 6.20. The lowest BCUT2D eigenvalue weighted by Gasteiger charge is -2.09. The number of anilines is 1. The largest absolute Gasteiger partial charge is 0.494 e. The molecule has 0 saturated carbocycles. The van der Waals surface area contributed by atoms with Gasteiger partial charge in [-0.05, 0) is 55.5 Å². The van der Waals surface area contributed by atoms with Crippen molar-refractivity contribution in [3.05, 3.63) is 65.9 Å². The molecule has 5 nitrogen and oxygen atoms in total. The van der Waals surface area contributed by atoms with Gasteiger partial charge in [0.25, 0.3) is 0 Å². The minimum atomic E-state index is -0.0928. The van der Waals surface area contributed by atoms with Gasteiger partial charge in [0.1, 0.15) is 5.75 Å². The lowest BCUT2D eigenvalue weighted by Crippen LogP contribution is -2.14. The van der Waals surface area contributed by atoms with Crippen molar-refractivity contribution in [3.63, 3.8) is 0 Å². The van der Waals surface area contributed by atoms with Crippen LogP contribution in [0.4, 0.5) is 5.69 Å². The maximum Gasteiger partial charge on any atom is 0.234 e. The van der Waals surface area contributed by atoms with E-state index in [2.05, 4.69) is 10.3 Å². The van der Waals surface area contributed by atoms with E-state index in [9.17, 15) is 4.79 Å². The zero-order chi connectivity index (χ0) is 18.4. The summed E-state index contributed by atoms with van der Waals surface area (Å²) >= 11 is 7.30. The van der Waals surface area contributed by atoms with E-state index in [-0.39, 0.29) is 11.7 Å². The number of carbonyl (C=O) groups is 1. The number of imidazole rings is 1. The van der Waals surface area contributed by atoms with Crippen LogP contribution in [0.2, 0.25) is 5.02 Å². The molecular weight excluding hydrogens is 370 g/mol. The Balaban J connectivity index is 1.58. The molecule has 0 unspecified atom stereocenters. The third-order valence-electron chi connectivity index (χ3n) is 3.49. The Morgan fingerprint density at radius 3 is 2.62 bits per heavy atom. The zero-order valence-corrected chi connectivity index (χ0v) is 15.8. The van der Waals surface area contributed by atoms with E-state index in [4.69, 9.17) is 16.3 Å². The molecule has 0 radical (unpaired) electrons. The van der Waals surface area contributed by atoms with E-state index in [1.54, 1.807) is 6.20 Å². The van der Waals surface area contributed by atoms with Crippen molar-refractivity contribution in [1.29, 1.82) is 0 Å². The number of hydrogen-bond acceptors (Lipinski definition) is 4. The number of thioether (sulfide) groups is 1. The number of nitrogens with one attached hydrogen (secondary N) is 1. The fourth-order valence-electron chi connectivity index (χ4n) is 2.32. The van der Waals surface area contributed by atoms with Gasteiger partial charge in [-0.3, -0.25) is 9.36 Å². The van der Waals surface area contributed by atoms with Gasteiger partial charge in [0.05, 0.1) is 12.4 Å². The molecule has 1 aromatic heterocycles. The Morgan fingerprint density at radius 1 is 1.19 bits per heavy atom. The van der Waals surface area contributed by atoms with Gasteiger partial charge in [-0.25, -0.2) is 4.98 Å². The number of nitrogens with zero attached hydrogens (tertiary/aromatic N) is 2. The second-order valence-corrected chi connectivity index (χ2v) is 6.73. The Morgan fingerprint density at radius 2 is 1.92 bits per heavy atom. The smallest absolute Gasteiger partial charge is 0.234 e. The van der Waals surface area contributed by atoms with E-state index in [1.165, 1.54) is 11.8 Å². The lowest BCUT2D eigenvalue weighted by atomic mass is 10.3. The molecule has 3 aromatic rings. The summed E-state index contributed by atoms with van der Waals surface area (Å²) < 4.78 is 7.31. The van der Waals surface area contributed by atoms with Crippen LogP contribution in [0.1, 0.15) is 6.92 Å². The molecule has 2 aromatic carbocycles. The second-order valence-electron chi connectivity index (χ2n) is 5.35. The topological polar surface area (TPSA) is 56.1 Å². The first-order valence-corrected chi connectivity index (χ1v) is 9.47. The van der Waals surface area contributed by atoms with Gasteiger partial charge in [-0.2, -0.15) is 0 Å². The van der Waals surface area contributed by atoms with Crippen LogP contribution in [-0.4, -0.2) is 27.8 Å². The third-order valence-corrected chi connectivity index (χ3v) is 4.71. The number of aromatic nitrogens is 2. The van der Waals surface area contributed by atoms with Crippen LogP contribution in [0.15, 0.2) is 66.1 Å². The predicted octanol–water partition coefficient (Wildman–Crippen LogP) is 4.66. The Bertz CT molecular complexity index is 863. The van der Waals surface area contributed by atoms with E-state index in [0.717, 1.165) is 22.3 Å². The maximum atomic E-state index is 12.2. The van der Waals surface area contributed by atoms with E-state index in [0.29, 0.717) is 11.6 Å². The standard InChI is InChI=1S/C19H18ClN3O2S/c1-2-25-17-9-5-15(6-10-17)22-18(24)13-26-19-21-11-12-23(19)16-7-3-14(20)4-8-16/h3-12H,2,13H2,1H3,(H,22,24). The zero-order valence-electron chi connectivity index (χ0n) is 14.2. The van der Waals surface area contributed by atoms with Crippen molar-refractivity contribution in [2.45, 2.75) is 12.1 Å². The molecule has 0 aliphatic carbocycles. The van der Waals surface area contributed by atoms with Crippen LogP contribution in [0, 0.1) is 0 Å². The van der Waals surface area contributed by atoms with Gasteiger partial charge in [-0.15, -0.1) is 0 Å². The first kappa shape index (κ1) is 18.4. The van der Waals surface area contributed by atoms with E-state index >= 15 is 0 Å². The number of ether oxygens (including phenoxy) is 1. The van der Waals surface area contributed by atoms with Crippen LogP contribution in [-0.2, 0) is 4.79 Å². The highest BCUT2D eigenvalue weighted by molar-refractivity contribution is 7.99. The third kappa shape index (κ3) is 4.80. The van der Waals surface area contributed by atoms with Crippen LogP contribution in [0.25, 0.3) is 5.69 Å². The number of hydrogen-bond donors (Lipinski definition) is 1. The summed E-state index contributed by atoms with van der Waals surface area (Å²) in [5, 5.41) is 4.29. The van der Waals surface area contributed by atoms with E-state index < -0.39 is 0 Å². The Labute approximate surface area is 161 Å². The van der Waals surface area contributed by atoms with E-state index in [1.807, 2.05) is 66.2 Å². The molecule has 0 saturated heterocycles. The van der Waals surface area contributed by atoms with Gasteiger partial charge < -0.3 is 10.1 Å².